The number of halogens is 1. The summed E-state index contributed by atoms with van der Waals surface area (Å²) in [7, 11) is 0. The van der Waals surface area contributed by atoms with Crippen LogP contribution in [0.4, 0.5) is 10.2 Å². The largest absolute Gasteiger partial charge is 0.359 e. The lowest BCUT2D eigenvalue weighted by molar-refractivity contribution is 0.625. The molecular formula is C17H20FN3. The van der Waals surface area contributed by atoms with Gasteiger partial charge in [0, 0.05) is 0 Å². The number of nitrogens with one attached hydrogen (secondary N) is 1. The third-order valence-electron chi connectivity index (χ3n) is 4.46. The van der Waals surface area contributed by atoms with Crippen molar-refractivity contribution in [3.8, 4) is 0 Å². The van der Waals surface area contributed by atoms with Crippen molar-refractivity contribution < 1.29 is 4.39 Å². The first-order valence-corrected chi connectivity index (χ1v) is 7.43. The van der Waals surface area contributed by atoms with Gasteiger partial charge in [-0.2, -0.15) is 5.10 Å². The van der Waals surface area contributed by atoms with E-state index in [0.717, 1.165) is 41.9 Å². The van der Waals surface area contributed by atoms with E-state index < -0.39 is 0 Å². The van der Waals surface area contributed by atoms with Gasteiger partial charge in [0.15, 0.2) is 5.82 Å². The van der Waals surface area contributed by atoms with Gasteiger partial charge in [0.25, 0.3) is 0 Å². The molecule has 3 nitrogen and oxygen atoms in total. The van der Waals surface area contributed by atoms with E-state index in [-0.39, 0.29) is 11.4 Å². The average molecular weight is 285 g/mol. The minimum atomic E-state index is -0.200. The summed E-state index contributed by atoms with van der Waals surface area (Å²) in [6.07, 6.45) is 2.96. The number of anilines is 1. The molecule has 0 bridgehead atoms. The van der Waals surface area contributed by atoms with Crippen LogP contribution >= 0.6 is 0 Å². The molecule has 0 amide bonds. The minimum absolute atomic E-state index is 0.104. The van der Waals surface area contributed by atoms with Gasteiger partial charge in [-0.3, -0.25) is 0 Å². The number of rotatable bonds is 4. The maximum atomic E-state index is 13.1. The molecule has 3 rings (SSSR count). The Hall–Kier alpha value is -1.97. The molecule has 21 heavy (non-hydrogen) atoms. The maximum Gasteiger partial charge on any atom is 0.152 e. The fourth-order valence-corrected chi connectivity index (χ4v) is 2.72. The number of hydrogen-bond donors (Lipinski definition) is 1. The van der Waals surface area contributed by atoms with Gasteiger partial charge >= 0.3 is 0 Å². The lowest BCUT2D eigenvalue weighted by atomic mass is 10.0. The van der Waals surface area contributed by atoms with Gasteiger partial charge in [0.2, 0.25) is 0 Å². The topological polar surface area (TPSA) is 37.8 Å². The Morgan fingerprint density at radius 3 is 2.33 bits per heavy atom. The van der Waals surface area contributed by atoms with Gasteiger partial charge < -0.3 is 5.32 Å². The summed E-state index contributed by atoms with van der Waals surface area (Å²) in [5.41, 5.74) is 4.40. The van der Waals surface area contributed by atoms with E-state index in [1.54, 1.807) is 0 Å². The summed E-state index contributed by atoms with van der Waals surface area (Å²) in [6, 6.07) is 6.73. The van der Waals surface area contributed by atoms with E-state index in [0.29, 0.717) is 0 Å². The van der Waals surface area contributed by atoms with Crippen molar-refractivity contribution in [1.29, 1.82) is 0 Å². The molecule has 1 saturated carbocycles. The predicted molar refractivity (Wildman–Crippen MR) is 81.8 cm³/mol. The van der Waals surface area contributed by atoms with Crippen molar-refractivity contribution in [1.82, 2.24) is 10.2 Å². The molecule has 1 aliphatic carbocycles. The highest BCUT2D eigenvalue weighted by molar-refractivity contribution is 5.53. The highest BCUT2D eigenvalue weighted by Crippen LogP contribution is 2.48. The minimum Gasteiger partial charge on any atom is -0.359 e. The number of benzene rings is 1. The van der Waals surface area contributed by atoms with Crippen LogP contribution in [-0.4, -0.2) is 10.2 Å². The Bertz CT molecular complexity index is 660. The molecule has 1 aromatic heterocycles. The summed E-state index contributed by atoms with van der Waals surface area (Å²) in [4.78, 5) is 0. The summed E-state index contributed by atoms with van der Waals surface area (Å²) in [5, 5.41) is 12.2. The number of aryl methyl sites for hydroxylation is 1. The smallest absolute Gasteiger partial charge is 0.152 e. The summed E-state index contributed by atoms with van der Waals surface area (Å²) < 4.78 is 13.1. The number of aromatic nitrogens is 2. The molecule has 1 fully saturated rings. The second kappa shape index (κ2) is 5.10. The van der Waals surface area contributed by atoms with E-state index in [4.69, 9.17) is 0 Å². The van der Waals surface area contributed by atoms with E-state index in [1.807, 2.05) is 12.1 Å². The second-order valence-electron chi connectivity index (χ2n) is 5.81. The standard InChI is InChI=1S/C17H20FN3/c1-4-15-11(2)12(3)16(21-20-15)19-17(9-10-17)13-5-7-14(18)8-6-13/h5-8H,4,9-10H2,1-3H3,(H,19,21). The van der Waals surface area contributed by atoms with E-state index in [2.05, 4.69) is 36.3 Å². The highest BCUT2D eigenvalue weighted by atomic mass is 19.1. The third kappa shape index (κ3) is 2.50. The lowest BCUT2D eigenvalue weighted by Crippen LogP contribution is -2.21. The van der Waals surface area contributed by atoms with Crippen LogP contribution in [0.3, 0.4) is 0 Å². The fourth-order valence-electron chi connectivity index (χ4n) is 2.72. The molecule has 0 unspecified atom stereocenters. The SMILES string of the molecule is CCc1nnc(NC2(c3ccc(F)cc3)CC2)c(C)c1C. The number of hydrogen-bond acceptors (Lipinski definition) is 3. The van der Waals surface area contributed by atoms with Crippen molar-refractivity contribution in [2.75, 3.05) is 5.32 Å². The van der Waals surface area contributed by atoms with Crippen LogP contribution in [0, 0.1) is 19.7 Å². The first kappa shape index (κ1) is 14.0. The molecule has 0 atom stereocenters. The first-order chi connectivity index (χ1) is 10.1. The summed E-state index contributed by atoms with van der Waals surface area (Å²) in [6.45, 7) is 6.25. The maximum absolute atomic E-state index is 13.1. The third-order valence-corrected chi connectivity index (χ3v) is 4.46. The van der Waals surface area contributed by atoms with Crippen LogP contribution in [0.15, 0.2) is 24.3 Å². The highest BCUT2D eigenvalue weighted by Gasteiger charge is 2.45. The molecule has 1 aliphatic rings. The Morgan fingerprint density at radius 2 is 1.76 bits per heavy atom. The first-order valence-electron chi connectivity index (χ1n) is 7.43. The van der Waals surface area contributed by atoms with Crippen LogP contribution in [0.2, 0.25) is 0 Å². The van der Waals surface area contributed by atoms with Gasteiger partial charge in [-0.25, -0.2) is 4.39 Å². The molecule has 1 heterocycles. The van der Waals surface area contributed by atoms with Crippen molar-refractivity contribution >= 4 is 5.82 Å². The van der Waals surface area contributed by atoms with Crippen LogP contribution < -0.4 is 5.32 Å². The second-order valence-corrected chi connectivity index (χ2v) is 5.81. The zero-order valence-electron chi connectivity index (χ0n) is 12.7. The Morgan fingerprint density at radius 1 is 1.10 bits per heavy atom. The molecule has 0 saturated heterocycles. The lowest BCUT2D eigenvalue weighted by Gasteiger charge is -2.20. The Balaban J connectivity index is 1.90. The van der Waals surface area contributed by atoms with Gasteiger partial charge in [-0.1, -0.05) is 19.1 Å². The quantitative estimate of drug-likeness (QED) is 0.926. The van der Waals surface area contributed by atoms with E-state index in [9.17, 15) is 4.39 Å². The van der Waals surface area contributed by atoms with Crippen LogP contribution in [0.25, 0.3) is 0 Å². The van der Waals surface area contributed by atoms with E-state index >= 15 is 0 Å². The molecule has 0 aliphatic heterocycles. The van der Waals surface area contributed by atoms with Crippen LogP contribution in [0.5, 0.6) is 0 Å². The molecule has 1 N–H and O–H groups in total. The van der Waals surface area contributed by atoms with Crippen molar-refractivity contribution in [2.45, 2.75) is 45.6 Å². The number of nitrogens with zero attached hydrogens (tertiary/aromatic N) is 2. The molecule has 0 spiro atoms. The molecule has 2 aromatic rings. The zero-order chi connectivity index (χ0) is 15.0. The zero-order valence-corrected chi connectivity index (χ0v) is 12.7. The van der Waals surface area contributed by atoms with Crippen molar-refractivity contribution in [3.63, 3.8) is 0 Å². The van der Waals surface area contributed by atoms with Gasteiger partial charge in [-0.15, -0.1) is 5.10 Å². The molecule has 1 aromatic carbocycles. The van der Waals surface area contributed by atoms with Gasteiger partial charge in [-0.05, 0) is 61.9 Å². The molecule has 110 valence electrons. The van der Waals surface area contributed by atoms with E-state index in [1.165, 1.54) is 17.7 Å². The molecular weight excluding hydrogens is 265 g/mol. The predicted octanol–water partition coefficient (Wildman–Crippen LogP) is 3.90. The summed E-state index contributed by atoms with van der Waals surface area (Å²) >= 11 is 0. The Kier molecular flexibility index (Phi) is 3.40. The van der Waals surface area contributed by atoms with Crippen LogP contribution in [-0.2, 0) is 12.0 Å². The monoisotopic (exact) mass is 285 g/mol. The van der Waals surface area contributed by atoms with Gasteiger partial charge in [0.05, 0.1) is 11.2 Å². The molecule has 0 radical (unpaired) electrons. The van der Waals surface area contributed by atoms with Crippen molar-refractivity contribution in [2.24, 2.45) is 0 Å². The van der Waals surface area contributed by atoms with Crippen LogP contribution in [0.1, 0.15) is 42.1 Å². The normalized spacial score (nSPS) is 15.8. The Labute approximate surface area is 124 Å². The molecule has 4 heteroatoms. The summed E-state index contributed by atoms with van der Waals surface area (Å²) in [5.74, 6) is 0.639. The van der Waals surface area contributed by atoms with Crippen molar-refractivity contribution in [3.05, 3.63) is 52.5 Å². The average Bonchev–Trinajstić information content (AvgIpc) is 3.26. The fraction of sp³-hybridized carbons (Fsp3) is 0.412. The van der Waals surface area contributed by atoms with Gasteiger partial charge in [0.1, 0.15) is 5.82 Å².